The van der Waals surface area contributed by atoms with Crippen molar-refractivity contribution in [3.8, 4) is 5.95 Å². The first-order chi connectivity index (χ1) is 14.2. The summed E-state index contributed by atoms with van der Waals surface area (Å²) in [5, 5.41) is 0.659. The van der Waals surface area contributed by atoms with Gasteiger partial charge in [-0.3, -0.25) is 4.57 Å². The lowest BCUT2D eigenvalue weighted by Crippen LogP contribution is -2.37. The molecule has 8 nitrogen and oxygen atoms in total. The van der Waals surface area contributed by atoms with E-state index in [0.717, 1.165) is 59.2 Å². The number of fused-ring (bicyclic) bond motifs is 2. The number of anilines is 1. The normalized spacial score (nSPS) is 14.4. The molecule has 4 heterocycles. The number of alkyl halides is 1. The Balaban J connectivity index is 0.00000218. The molecular weight excluding hydrogens is 514 g/mol. The zero-order chi connectivity index (χ0) is 20.0. The van der Waals surface area contributed by atoms with E-state index >= 15 is 0 Å². The zero-order valence-electron chi connectivity index (χ0n) is 16.9. The smallest absolute Gasteiger partial charge is 0.239 e. The number of rotatable bonds is 4. The van der Waals surface area contributed by atoms with E-state index < -0.39 is 0 Å². The first-order valence-corrected chi connectivity index (χ1v) is 10.9. The van der Waals surface area contributed by atoms with Crippen LogP contribution < -0.4 is 4.90 Å². The molecular formula is C20H23Br2N7O. The predicted octanol–water partition coefficient (Wildman–Crippen LogP) is 3.57. The van der Waals surface area contributed by atoms with Gasteiger partial charge in [0, 0.05) is 26.6 Å². The van der Waals surface area contributed by atoms with Gasteiger partial charge in [0.1, 0.15) is 11.6 Å². The minimum absolute atomic E-state index is 0. The van der Waals surface area contributed by atoms with Crippen molar-refractivity contribution in [2.75, 3.05) is 31.2 Å². The number of ether oxygens (including phenoxy) is 1. The van der Waals surface area contributed by atoms with Crippen LogP contribution in [0.3, 0.4) is 0 Å². The van der Waals surface area contributed by atoms with Gasteiger partial charge in [0.25, 0.3) is 0 Å². The Kier molecular flexibility index (Phi) is 6.08. The first kappa shape index (κ1) is 21.2. The van der Waals surface area contributed by atoms with Crippen molar-refractivity contribution in [3.63, 3.8) is 0 Å². The average Bonchev–Trinajstić information content (AvgIpc) is 3.31. The molecule has 3 aromatic heterocycles. The highest BCUT2D eigenvalue weighted by Crippen LogP contribution is 2.28. The highest BCUT2D eigenvalue weighted by molar-refractivity contribution is 9.08. The predicted molar refractivity (Wildman–Crippen MR) is 126 cm³/mol. The van der Waals surface area contributed by atoms with Crippen molar-refractivity contribution in [2.24, 2.45) is 7.05 Å². The highest BCUT2D eigenvalue weighted by atomic mass is 79.9. The van der Waals surface area contributed by atoms with Gasteiger partial charge in [-0.25, -0.2) is 9.97 Å². The van der Waals surface area contributed by atoms with E-state index in [9.17, 15) is 0 Å². The molecule has 4 aromatic rings. The van der Waals surface area contributed by atoms with E-state index in [1.54, 1.807) is 0 Å². The summed E-state index contributed by atoms with van der Waals surface area (Å²) in [4.78, 5) is 21.8. The van der Waals surface area contributed by atoms with Crippen molar-refractivity contribution >= 4 is 60.9 Å². The molecule has 0 bridgehead atoms. The number of hydrogen-bond acceptors (Lipinski definition) is 6. The molecule has 1 aliphatic rings. The number of para-hydroxylation sites is 2. The number of imidazole rings is 2. The van der Waals surface area contributed by atoms with Gasteiger partial charge in [0.15, 0.2) is 17.0 Å². The minimum atomic E-state index is 0. The molecule has 5 rings (SSSR count). The van der Waals surface area contributed by atoms with E-state index in [-0.39, 0.29) is 17.0 Å². The van der Waals surface area contributed by atoms with Gasteiger partial charge in [0.2, 0.25) is 5.95 Å². The summed E-state index contributed by atoms with van der Waals surface area (Å²) in [5.74, 6) is 3.36. The number of aromatic nitrogens is 6. The van der Waals surface area contributed by atoms with Gasteiger partial charge >= 0.3 is 0 Å². The molecule has 30 heavy (non-hydrogen) atoms. The summed E-state index contributed by atoms with van der Waals surface area (Å²) >= 11 is 3.54. The van der Waals surface area contributed by atoms with Crippen LogP contribution in [-0.2, 0) is 23.5 Å². The summed E-state index contributed by atoms with van der Waals surface area (Å²) in [7, 11) is 2.00. The third-order valence-corrected chi connectivity index (χ3v) is 5.86. The third kappa shape index (κ3) is 3.40. The molecule has 1 aromatic carbocycles. The van der Waals surface area contributed by atoms with Gasteiger partial charge in [-0.2, -0.15) is 9.97 Å². The number of morpholine rings is 1. The first-order valence-electron chi connectivity index (χ1n) is 9.80. The number of benzene rings is 1. The molecule has 158 valence electrons. The van der Waals surface area contributed by atoms with Crippen molar-refractivity contribution < 1.29 is 4.74 Å². The largest absolute Gasteiger partial charge is 0.378 e. The maximum absolute atomic E-state index is 5.55. The molecule has 10 heteroatoms. The lowest BCUT2D eigenvalue weighted by molar-refractivity contribution is 0.122. The fourth-order valence-corrected chi connectivity index (χ4v) is 4.33. The molecule has 0 N–H and O–H groups in total. The third-order valence-electron chi connectivity index (χ3n) is 5.36. The van der Waals surface area contributed by atoms with Gasteiger partial charge in [-0.15, -0.1) is 17.0 Å². The van der Waals surface area contributed by atoms with E-state index in [1.807, 2.05) is 29.8 Å². The van der Waals surface area contributed by atoms with Crippen molar-refractivity contribution in [1.82, 2.24) is 29.1 Å². The Morgan fingerprint density at radius 3 is 2.53 bits per heavy atom. The second-order valence-corrected chi connectivity index (χ2v) is 7.61. The Morgan fingerprint density at radius 1 is 1.03 bits per heavy atom. The van der Waals surface area contributed by atoms with Crippen molar-refractivity contribution in [2.45, 2.75) is 18.7 Å². The standard InChI is InChI=1S/C20H22BrN7O.BrH/c1-3-15-22-13-6-4-5-7-14(13)28(15)20-24-18-17(23-16(12-21)26(18)2)19(25-20)27-8-10-29-11-9-27;/h4-7H,3,8-12H2,1-2H3;1H. The van der Waals surface area contributed by atoms with Crippen LogP contribution in [0.5, 0.6) is 0 Å². The molecule has 0 saturated carbocycles. The Labute approximate surface area is 193 Å². The van der Waals surface area contributed by atoms with Gasteiger partial charge in [-0.05, 0) is 12.1 Å². The van der Waals surface area contributed by atoms with Gasteiger partial charge in [-0.1, -0.05) is 35.0 Å². The Hall–Kier alpha value is -2.04. The van der Waals surface area contributed by atoms with Crippen molar-refractivity contribution in [3.05, 3.63) is 35.9 Å². The number of nitrogens with zero attached hydrogens (tertiary/aromatic N) is 7. The monoisotopic (exact) mass is 535 g/mol. The van der Waals surface area contributed by atoms with Crippen LogP contribution in [0.15, 0.2) is 24.3 Å². The summed E-state index contributed by atoms with van der Waals surface area (Å²) in [6.45, 7) is 5.06. The number of aryl methyl sites for hydroxylation is 2. The van der Waals surface area contributed by atoms with Crippen LogP contribution >= 0.6 is 32.9 Å². The molecule has 1 aliphatic heterocycles. The van der Waals surface area contributed by atoms with Gasteiger partial charge < -0.3 is 14.2 Å². The summed E-state index contributed by atoms with van der Waals surface area (Å²) in [5.41, 5.74) is 3.62. The van der Waals surface area contributed by atoms with E-state index in [1.165, 1.54) is 0 Å². The van der Waals surface area contributed by atoms with Gasteiger partial charge in [0.05, 0.1) is 29.6 Å². The van der Waals surface area contributed by atoms with Crippen LogP contribution in [0.25, 0.3) is 28.1 Å². The topological polar surface area (TPSA) is 73.9 Å². The van der Waals surface area contributed by atoms with E-state index in [2.05, 4.69) is 38.4 Å². The maximum Gasteiger partial charge on any atom is 0.239 e. The lowest BCUT2D eigenvalue weighted by Gasteiger charge is -2.28. The molecule has 0 atom stereocenters. The van der Waals surface area contributed by atoms with Crippen molar-refractivity contribution in [1.29, 1.82) is 0 Å². The zero-order valence-corrected chi connectivity index (χ0v) is 20.2. The van der Waals surface area contributed by atoms with Crippen LogP contribution in [0.4, 0.5) is 5.82 Å². The summed E-state index contributed by atoms with van der Waals surface area (Å²) < 4.78 is 9.65. The summed E-state index contributed by atoms with van der Waals surface area (Å²) in [6, 6.07) is 8.12. The fraction of sp³-hybridized carbons (Fsp3) is 0.400. The molecule has 0 radical (unpaired) electrons. The summed E-state index contributed by atoms with van der Waals surface area (Å²) in [6.07, 6.45) is 0.793. The molecule has 0 unspecified atom stereocenters. The van der Waals surface area contributed by atoms with E-state index in [4.69, 9.17) is 24.7 Å². The molecule has 0 amide bonds. The molecule has 1 saturated heterocycles. The molecule has 0 aliphatic carbocycles. The van der Waals surface area contributed by atoms with Crippen LogP contribution in [0.1, 0.15) is 18.6 Å². The van der Waals surface area contributed by atoms with E-state index in [0.29, 0.717) is 24.5 Å². The SMILES string of the molecule is Br.CCc1nc2ccccc2n1-c1nc(N2CCOCC2)c2nc(CBr)n(C)c2n1. The fourth-order valence-electron chi connectivity index (χ4n) is 3.83. The number of hydrogen-bond donors (Lipinski definition) is 0. The number of halogens is 2. The lowest BCUT2D eigenvalue weighted by atomic mass is 10.3. The molecule has 1 fully saturated rings. The van der Waals surface area contributed by atoms with Crippen LogP contribution in [-0.4, -0.2) is 55.4 Å². The Bertz CT molecular complexity index is 1200. The minimum Gasteiger partial charge on any atom is -0.378 e. The maximum atomic E-state index is 5.55. The van der Waals surface area contributed by atoms with Crippen LogP contribution in [0.2, 0.25) is 0 Å². The van der Waals surface area contributed by atoms with Crippen LogP contribution in [0, 0.1) is 0 Å². The average molecular weight is 537 g/mol. The Morgan fingerprint density at radius 2 is 1.80 bits per heavy atom. The quantitative estimate of drug-likeness (QED) is 0.371. The highest BCUT2D eigenvalue weighted by Gasteiger charge is 2.23. The second kappa shape index (κ2) is 8.60. The second-order valence-electron chi connectivity index (χ2n) is 7.05. The molecule has 0 spiro atoms.